The Balaban J connectivity index is 2.45. The number of nitrogens with zero attached hydrogens (tertiary/aromatic N) is 2. The van der Waals surface area contributed by atoms with E-state index in [2.05, 4.69) is 5.48 Å². The van der Waals surface area contributed by atoms with Crippen molar-refractivity contribution in [2.45, 2.75) is 5.54 Å². The smallest absolute Gasteiger partial charge is 0.191 e. The van der Waals surface area contributed by atoms with Crippen molar-refractivity contribution in [3.05, 3.63) is 58.7 Å². The summed E-state index contributed by atoms with van der Waals surface area (Å²) in [6.07, 6.45) is 4.92. The van der Waals surface area contributed by atoms with E-state index < -0.39 is 11.4 Å². The first-order valence-corrected chi connectivity index (χ1v) is 6.23. The van der Waals surface area contributed by atoms with Crippen LogP contribution in [0.3, 0.4) is 0 Å². The van der Waals surface area contributed by atoms with Crippen molar-refractivity contribution in [2.75, 3.05) is 14.1 Å². The van der Waals surface area contributed by atoms with Gasteiger partial charge in [0, 0.05) is 31.9 Å². The summed E-state index contributed by atoms with van der Waals surface area (Å²) in [6, 6.07) is 6.28. The average molecular weight is 294 g/mol. The molecule has 1 unspecified atom stereocenters. The fraction of sp³-hybridized carbons (Fsp3) is 0.214. The number of hydrogen-bond acceptors (Lipinski definition) is 4. The molecule has 1 aromatic carbocycles. The number of benzene rings is 1. The molecule has 1 aromatic rings. The van der Waals surface area contributed by atoms with E-state index in [1.165, 1.54) is 24.3 Å². The van der Waals surface area contributed by atoms with Crippen molar-refractivity contribution in [3.63, 3.8) is 0 Å². The first-order chi connectivity index (χ1) is 9.48. The van der Waals surface area contributed by atoms with Crippen molar-refractivity contribution in [1.29, 1.82) is 5.26 Å². The van der Waals surface area contributed by atoms with E-state index in [0.717, 1.165) is 0 Å². The monoisotopic (exact) mass is 293 g/mol. The van der Waals surface area contributed by atoms with Crippen LogP contribution in [-0.2, 0) is 10.4 Å². The highest BCUT2D eigenvalue weighted by Gasteiger charge is 2.40. The molecule has 0 saturated heterocycles. The van der Waals surface area contributed by atoms with Gasteiger partial charge in [-0.1, -0.05) is 17.7 Å². The van der Waals surface area contributed by atoms with Gasteiger partial charge in [-0.05, 0) is 18.2 Å². The molecule has 0 aromatic heterocycles. The molecule has 1 heterocycles. The number of halogens is 2. The molecular weight excluding hydrogens is 281 g/mol. The molecule has 6 heteroatoms. The minimum absolute atomic E-state index is 0.0532. The molecule has 2 rings (SSSR count). The molecule has 0 amide bonds. The number of allylic oxidation sites excluding steroid dienone is 1. The Hall–Kier alpha value is -2.03. The first kappa shape index (κ1) is 14.4. The summed E-state index contributed by atoms with van der Waals surface area (Å²) in [4.78, 5) is 7.04. The second-order valence-electron chi connectivity index (χ2n) is 4.55. The zero-order valence-electron chi connectivity index (χ0n) is 11.0. The molecule has 1 N–H and O–H groups in total. The van der Waals surface area contributed by atoms with Crippen molar-refractivity contribution in [3.8, 4) is 6.07 Å². The van der Waals surface area contributed by atoms with Crippen LogP contribution in [0.2, 0.25) is 5.02 Å². The molecule has 104 valence electrons. The fourth-order valence-corrected chi connectivity index (χ4v) is 2.14. The molecule has 1 atom stereocenters. The molecule has 1 aliphatic heterocycles. The topological polar surface area (TPSA) is 48.3 Å². The molecule has 0 radical (unpaired) electrons. The van der Waals surface area contributed by atoms with Crippen molar-refractivity contribution in [2.24, 2.45) is 0 Å². The SMILES string of the molecule is CN(C)/C=C/C1=CC(C#N)(c2c(F)cccc2Cl)NO1. The molecule has 1 aliphatic rings. The highest BCUT2D eigenvalue weighted by Crippen LogP contribution is 2.35. The maximum Gasteiger partial charge on any atom is 0.191 e. The lowest BCUT2D eigenvalue weighted by molar-refractivity contribution is 0.102. The van der Waals surface area contributed by atoms with E-state index in [0.29, 0.717) is 5.76 Å². The molecular formula is C14H13ClFN3O. The van der Waals surface area contributed by atoms with Gasteiger partial charge in [0.05, 0.1) is 11.1 Å². The minimum Gasteiger partial charge on any atom is -0.407 e. The van der Waals surface area contributed by atoms with Crippen LogP contribution in [0.4, 0.5) is 4.39 Å². The zero-order chi connectivity index (χ0) is 14.8. The van der Waals surface area contributed by atoms with Gasteiger partial charge in [0.1, 0.15) is 11.6 Å². The molecule has 0 saturated carbocycles. The van der Waals surface area contributed by atoms with E-state index in [9.17, 15) is 9.65 Å². The Morgan fingerprint density at radius 1 is 1.50 bits per heavy atom. The maximum atomic E-state index is 14.0. The summed E-state index contributed by atoms with van der Waals surface area (Å²) in [5.41, 5.74) is 1.16. The summed E-state index contributed by atoms with van der Waals surface area (Å²) < 4.78 is 14.0. The first-order valence-electron chi connectivity index (χ1n) is 5.86. The van der Waals surface area contributed by atoms with Gasteiger partial charge < -0.3 is 9.74 Å². The Morgan fingerprint density at radius 2 is 2.25 bits per heavy atom. The quantitative estimate of drug-likeness (QED) is 0.931. The van der Waals surface area contributed by atoms with Crippen LogP contribution in [-0.4, -0.2) is 19.0 Å². The third-order valence-corrected chi connectivity index (χ3v) is 3.07. The fourth-order valence-electron chi connectivity index (χ4n) is 1.83. The largest absolute Gasteiger partial charge is 0.407 e. The molecule has 4 nitrogen and oxygen atoms in total. The van der Waals surface area contributed by atoms with Gasteiger partial charge in [0.2, 0.25) is 0 Å². The molecule has 0 bridgehead atoms. The van der Waals surface area contributed by atoms with E-state index in [1.807, 2.05) is 25.1 Å². The van der Waals surface area contributed by atoms with E-state index >= 15 is 0 Å². The predicted molar refractivity (Wildman–Crippen MR) is 73.8 cm³/mol. The Bertz CT molecular complexity index is 601. The number of nitrogens with one attached hydrogen (secondary N) is 1. The van der Waals surface area contributed by atoms with Gasteiger partial charge in [-0.2, -0.15) is 5.26 Å². The van der Waals surface area contributed by atoms with Gasteiger partial charge in [0.25, 0.3) is 0 Å². The van der Waals surface area contributed by atoms with Gasteiger partial charge >= 0.3 is 0 Å². The molecule has 20 heavy (non-hydrogen) atoms. The van der Waals surface area contributed by atoms with E-state index in [4.69, 9.17) is 16.4 Å². The van der Waals surface area contributed by atoms with E-state index in [-0.39, 0.29) is 10.6 Å². The standard InChI is InChI=1S/C14H13ClFN3O/c1-19(2)7-6-10-8-14(9-17,18-20-10)13-11(15)4-3-5-12(13)16/h3-8,18H,1-2H3/b7-6+. The highest BCUT2D eigenvalue weighted by molar-refractivity contribution is 6.31. The lowest BCUT2D eigenvalue weighted by atomic mass is 9.91. The van der Waals surface area contributed by atoms with Crippen LogP contribution in [0.15, 0.2) is 42.3 Å². The Labute approximate surface area is 121 Å². The number of hydroxylamine groups is 1. The van der Waals surface area contributed by atoms with Crippen molar-refractivity contribution >= 4 is 11.6 Å². The Kier molecular flexibility index (Phi) is 3.98. The second-order valence-corrected chi connectivity index (χ2v) is 4.95. The minimum atomic E-state index is -1.44. The third-order valence-electron chi connectivity index (χ3n) is 2.76. The highest BCUT2D eigenvalue weighted by atomic mass is 35.5. The third kappa shape index (κ3) is 2.62. The van der Waals surface area contributed by atoms with Crippen LogP contribution in [0.25, 0.3) is 0 Å². The molecule has 0 fully saturated rings. The summed E-state index contributed by atoms with van der Waals surface area (Å²) in [5, 5.41) is 9.58. The van der Waals surface area contributed by atoms with E-state index in [1.54, 1.807) is 12.3 Å². The van der Waals surface area contributed by atoms with Crippen molar-refractivity contribution < 1.29 is 9.23 Å². The van der Waals surface area contributed by atoms with Crippen molar-refractivity contribution in [1.82, 2.24) is 10.4 Å². The van der Waals surface area contributed by atoms with Gasteiger partial charge in [0.15, 0.2) is 5.54 Å². The maximum absolute atomic E-state index is 14.0. The predicted octanol–water partition coefficient (Wildman–Crippen LogP) is 2.69. The van der Waals surface area contributed by atoms with Gasteiger partial charge in [-0.3, -0.25) is 0 Å². The van der Waals surface area contributed by atoms with Crippen LogP contribution in [0.5, 0.6) is 0 Å². The lowest BCUT2D eigenvalue weighted by Gasteiger charge is -2.19. The number of hydrogen-bond donors (Lipinski definition) is 1. The van der Waals surface area contributed by atoms with Crippen LogP contribution < -0.4 is 5.48 Å². The number of rotatable bonds is 3. The van der Waals surface area contributed by atoms with Crippen LogP contribution >= 0.6 is 11.6 Å². The van der Waals surface area contributed by atoms with Crippen LogP contribution in [0.1, 0.15) is 5.56 Å². The summed E-state index contributed by atoms with van der Waals surface area (Å²) in [6.45, 7) is 0. The van der Waals surface area contributed by atoms with Gasteiger partial charge in [-0.25, -0.2) is 4.39 Å². The lowest BCUT2D eigenvalue weighted by Crippen LogP contribution is -2.35. The normalized spacial score (nSPS) is 21.4. The van der Waals surface area contributed by atoms with Crippen LogP contribution in [0, 0.1) is 17.1 Å². The number of nitriles is 1. The summed E-state index contributed by atoms with van der Waals surface area (Å²) >= 11 is 6.01. The molecule has 0 spiro atoms. The summed E-state index contributed by atoms with van der Waals surface area (Å²) in [7, 11) is 3.70. The Morgan fingerprint density at radius 3 is 2.85 bits per heavy atom. The summed E-state index contributed by atoms with van der Waals surface area (Å²) in [5.74, 6) is -0.149. The van der Waals surface area contributed by atoms with Gasteiger partial charge in [-0.15, -0.1) is 5.48 Å². The average Bonchev–Trinajstić information content (AvgIpc) is 2.81. The zero-order valence-corrected chi connectivity index (χ0v) is 11.8. The second kappa shape index (κ2) is 5.53. The molecule has 0 aliphatic carbocycles.